The molecule has 0 bridgehead atoms. The van der Waals surface area contributed by atoms with Crippen LogP contribution < -0.4 is 14.2 Å². The monoisotopic (exact) mass is 419 g/mol. The highest BCUT2D eigenvalue weighted by Crippen LogP contribution is 2.37. The van der Waals surface area contributed by atoms with Crippen LogP contribution in [0, 0.1) is 0 Å². The molecule has 7 nitrogen and oxygen atoms in total. The number of hydroxylamine groups is 2. The first-order valence-electron chi connectivity index (χ1n) is 10.0. The fourth-order valence-electron chi connectivity index (χ4n) is 3.44. The minimum atomic E-state index is -0.791. The number of fused-ring (bicyclic) bond motifs is 1. The number of para-hydroxylation sites is 1. The largest absolute Gasteiger partial charge is 0.491 e. The Morgan fingerprint density at radius 3 is 2.48 bits per heavy atom. The Balaban J connectivity index is 1.37. The lowest BCUT2D eigenvalue weighted by Crippen LogP contribution is -2.47. The van der Waals surface area contributed by atoms with Crippen LogP contribution in [-0.4, -0.2) is 37.0 Å². The summed E-state index contributed by atoms with van der Waals surface area (Å²) in [4.78, 5) is 19.0. The number of hydrogen-bond acceptors (Lipinski definition) is 6. The highest BCUT2D eigenvalue weighted by Gasteiger charge is 2.34. The number of nitrogens with zero attached hydrogens (tertiary/aromatic N) is 1. The molecule has 1 saturated heterocycles. The predicted octanol–water partition coefficient (Wildman–Crippen LogP) is 3.97. The number of rotatable bonds is 5. The molecule has 0 spiro atoms. The molecule has 0 N–H and O–H groups in total. The van der Waals surface area contributed by atoms with Crippen LogP contribution in [0.1, 0.15) is 22.2 Å². The van der Waals surface area contributed by atoms with Crippen molar-refractivity contribution in [2.75, 3.05) is 19.9 Å². The van der Waals surface area contributed by atoms with E-state index in [0.717, 1.165) is 11.3 Å². The van der Waals surface area contributed by atoms with E-state index in [1.807, 2.05) is 54.6 Å². The highest BCUT2D eigenvalue weighted by atomic mass is 16.8. The van der Waals surface area contributed by atoms with Gasteiger partial charge < -0.3 is 18.9 Å². The van der Waals surface area contributed by atoms with Gasteiger partial charge in [-0.3, -0.25) is 4.79 Å². The average Bonchev–Trinajstić information content (AvgIpc) is 3.31. The van der Waals surface area contributed by atoms with Gasteiger partial charge in [0.15, 0.2) is 11.5 Å². The maximum atomic E-state index is 13.0. The number of amides is 1. The van der Waals surface area contributed by atoms with Crippen LogP contribution in [0.5, 0.6) is 17.2 Å². The van der Waals surface area contributed by atoms with E-state index in [9.17, 15) is 4.79 Å². The fraction of sp³-hybridized carbons (Fsp3) is 0.208. The van der Waals surface area contributed by atoms with E-state index >= 15 is 0 Å². The Morgan fingerprint density at radius 2 is 1.68 bits per heavy atom. The molecular formula is C24H21NO6. The van der Waals surface area contributed by atoms with Crippen molar-refractivity contribution >= 4 is 5.91 Å². The molecule has 7 heteroatoms. The maximum Gasteiger partial charge on any atom is 0.277 e. The van der Waals surface area contributed by atoms with Crippen molar-refractivity contribution in [1.82, 2.24) is 5.06 Å². The second kappa shape index (κ2) is 8.67. The van der Waals surface area contributed by atoms with Gasteiger partial charge in [0.05, 0.1) is 6.54 Å². The van der Waals surface area contributed by atoms with Gasteiger partial charge in [-0.25, -0.2) is 9.90 Å². The summed E-state index contributed by atoms with van der Waals surface area (Å²) in [5, 5.41) is 1.34. The first kappa shape index (κ1) is 19.4. The molecule has 0 radical (unpaired) electrons. The Labute approximate surface area is 179 Å². The Morgan fingerprint density at radius 1 is 0.935 bits per heavy atom. The van der Waals surface area contributed by atoms with Crippen LogP contribution in [0.2, 0.25) is 0 Å². The number of hydrogen-bond donors (Lipinski definition) is 0. The lowest BCUT2D eigenvalue weighted by molar-refractivity contribution is -0.325. The molecule has 0 aromatic heterocycles. The lowest BCUT2D eigenvalue weighted by atomic mass is 10.1. The summed E-state index contributed by atoms with van der Waals surface area (Å²) in [5.74, 6) is 1.78. The Bertz CT molecular complexity index is 1040. The van der Waals surface area contributed by atoms with Crippen molar-refractivity contribution in [3.63, 3.8) is 0 Å². The summed E-state index contributed by atoms with van der Waals surface area (Å²) in [7, 11) is 0. The van der Waals surface area contributed by atoms with E-state index in [0.29, 0.717) is 17.1 Å². The number of carbonyl (C=O) groups excluding carboxylic acids is 1. The molecule has 1 amide bonds. The van der Waals surface area contributed by atoms with Gasteiger partial charge in [-0.2, -0.15) is 0 Å². The smallest absolute Gasteiger partial charge is 0.277 e. The van der Waals surface area contributed by atoms with Crippen LogP contribution in [0.15, 0.2) is 78.9 Å². The molecule has 2 aliphatic heterocycles. The van der Waals surface area contributed by atoms with Gasteiger partial charge in [-0.05, 0) is 42.5 Å². The van der Waals surface area contributed by atoms with Crippen LogP contribution in [0.3, 0.4) is 0 Å². The van der Waals surface area contributed by atoms with Crippen molar-refractivity contribution in [3.05, 3.63) is 90.0 Å². The molecule has 31 heavy (non-hydrogen) atoms. The number of carbonyl (C=O) groups is 1. The van der Waals surface area contributed by atoms with E-state index in [2.05, 4.69) is 0 Å². The predicted molar refractivity (Wildman–Crippen MR) is 111 cm³/mol. The summed E-state index contributed by atoms with van der Waals surface area (Å²) in [6, 6.07) is 23.9. The third kappa shape index (κ3) is 4.33. The van der Waals surface area contributed by atoms with E-state index < -0.39 is 12.4 Å². The molecule has 2 heterocycles. The molecule has 0 saturated carbocycles. The normalized spacial score (nSPS) is 19.8. The van der Waals surface area contributed by atoms with Gasteiger partial charge in [-0.15, -0.1) is 0 Å². The minimum Gasteiger partial charge on any atom is -0.491 e. The van der Waals surface area contributed by atoms with E-state index in [-0.39, 0.29) is 25.9 Å². The quantitative estimate of drug-likeness (QED) is 0.624. The van der Waals surface area contributed by atoms with Gasteiger partial charge in [0.1, 0.15) is 18.5 Å². The zero-order chi connectivity index (χ0) is 21.0. The molecule has 158 valence electrons. The van der Waals surface area contributed by atoms with Crippen molar-refractivity contribution in [3.8, 4) is 17.2 Å². The Hall–Kier alpha value is -3.55. The third-order valence-corrected chi connectivity index (χ3v) is 5.00. The summed E-state index contributed by atoms with van der Waals surface area (Å²) in [6.45, 7) is 0.686. The lowest BCUT2D eigenvalue weighted by Gasteiger charge is -2.37. The molecule has 2 atom stereocenters. The fourth-order valence-corrected chi connectivity index (χ4v) is 3.44. The molecule has 0 unspecified atom stereocenters. The van der Waals surface area contributed by atoms with E-state index in [1.165, 1.54) is 5.06 Å². The van der Waals surface area contributed by atoms with Crippen molar-refractivity contribution in [1.29, 1.82) is 0 Å². The maximum absolute atomic E-state index is 13.0. The molecule has 1 fully saturated rings. The molecule has 0 aliphatic carbocycles. The molecular weight excluding hydrogens is 398 g/mol. The van der Waals surface area contributed by atoms with Crippen molar-refractivity contribution in [2.45, 2.75) is 12.4 Å². The SMILES string of the molecule is O=C(c1ccccc1)N1C[C@@H](COc2ccccc2)O[C@H](c2ccc3c(c2)OCO3)O1. The zero-order valence-corrected chi connectivity index (χ0v) is 16.7. The number of benzene rings is 3. The first-order chi connectivity index (χ1) is 15.3. The standard InChI is InChI=1S/C24H21NO6/c26-23(17-7-3-1-4-8-17)25-14-20(15-27-19-9-5-2-6-10-19)30-24(31-25)18-11-12-21-22(13-18)29-16-28-21/h1-13,20,24H,14-16H2/t20-,24-/m0/s1. The average molecular weight is 419 g/mol. The van der Waals surface area contributed by atoms with Gasteiger partial charge in [0, 0.05) is 11.1 Å². The third-order valence-electron chi connectivity index (χ3n) is 5.00. The van der Waals surface area contributed by atoms with Gasteiger partial charge >= 0.3 is 0 Å². The van der Waals surface area contributed by atoms with E-state index in [4.69, 9.17) is 23.8 Å². The van der Waals surface area contributed by atoms with Gasteiger partial charge in [0.2, 0.25) is 13.1 Å². The van der Waals surface area contributed by atoms with Crippen molar-refractivity contribution in [2.24, 2.45) is 0 Å². The van der Waals surface area contributed by atoms with Gasteiger partial charge in [0.25, 0.3) is 5.91 Å². The summed E-state index contributed by atoms with van der Waals surface area (Å²) in [6.07, 6.45) is -1.18. The second-order valence-corrected chi connectivity index (χ2v) is 7.16. The van der Waals surface area contributed by atoms with Crippen LogP contribution in [-0.2, 0) is 9.57 Å². The summed E-state index contributed by atoms with van der Waals surface area (Å²) in [5.41, 5.74) is 1.26. The summed E-state index contributed by atoms with van der Waals surface area (Å²) >= 11 is 0. The molecule has 3 aromatic rings. The van der Waals surface area contributed by atoms with Crippen LogP contribution in [0.25, 0.3) is 0 Å². The van der Waals surface area contributed by atoms with E-state index in [1.54, 1.807) is 24.3 Å². The molecule has 3 aromatic carbocycles. The second-order valence-electron chi connectivity index (χ2n) is 7.16. The number of ether oxygens (including phenoxy) is 4. The topological polar surface area (TPSA) is 66.5 Å². The minimum absolute atomic E-state index is 0.178. The Kier molecular flexibility index (Phi) is 5.43. The molecule has 2 aliphatic rings. The van der Waals surface area contributed by atoms with Crippen LogP contribution in [0.4, 0.5) is 0 Å². The van der Waals surface area contributed by atoms with Crippen LogP contribution >= 0.6 is 0 Å². The highest BCUT2D eigenvalue weighted by molar-refractivity contribution is 5.93. The molecule has 5 rings (SSSR count). The summed E-state index contributed by atoms with van der Waals surface area (Å²) < 4.78 is 22.9. The first-order valence-corrected chi connectivity index (χ1v) is 10.0. The zero-order valence-electron chi connectivity index (χ0n) is 16.7. The van der Waals surface area contributed by atoms with Gasteiger partial charge in [-0.1, -0.05) is 36.4 Å². The van der Waals surface area contributed by atoms with Crippen molar-refractivity contribution < 1.29 is 28.6 Å².